The summed E-state index contributed by atoms with van der Waals surface area (Å²) in [5.41, 5.74) is -2.00. The number of hydrogen-bond donors (Lipinski definition) is 3. The van der Waals surface area contributed by atoms with Crippen molar-refractivity contribution in [2.45, 2.75) is 83.3 Å². The topological polar surface area (TPSA) is 79.2 Å². The van der Waals surface area contributed by atoms with Gasteiger partial charge in [0.25, 0.3) is 0 Å². The highest BCUT2D eigenvalue weighted by molar-refractivity contribution is 4.96. The average Bonchev–Trinajstić information content (AvgIpc) is 2.33. The molecular formula is C13H26O5. The zero-order valence-electron chi connectivity index (χ0n) is 12.1. The van der Waals surface area contributed by atoms with Crippen molar-refractivity contribution in [3.63, 3.8) is 0 Å². The van der Waals surface area contributed by atoms with Crippen LogP contribution in [0.4, 0.5) is 0 Å². The summed E-state index contributed by atoms with van der Waals surface area (Å²) < 4.78 is 11.4. The maximum absolute atomic E-state index is 10.2. The fourth-order valence-electron chi connectivity index (χ4n) is 2.41. The summed E-state index contributed by atoms with van der Waals surface area (Å²) in [6.07, 6.45) is -2.35. The Morgan fingerprint density at radius 3 is 2.06 bits per heavy atom. The Morgan fingerprint density at radius 2 is 1.72 bits per heavy atom. The lowest BCUT2D eigenvalue weighted by atomic mass is 9.87. The number of hydrogen-bond acceptors (Lipinski definition) is 5. The fourth-order valence-corrected chi connectivity index (χ4v) is 2.41. The molecule has 0 amide bonds. The third-order valence-electron chi connectivity index (χ3n) is 3.48. The molecule has 0 saturated carbocycles. The Labute approximate surface area is 109 Å². The molecule has 1 aliphatic heterocycles. The summed E-state index contributed by atoms with van der Waals surface area (Å²) in [6, 6.07) is 0. The van der Waals surface area contributed by atoms with Gasteiger partial charge >= 0.3 is 0 Å². The van der Waals surface area contributed by atoms with E-state index in [0.717, 1.165) is 0 Å². The molecule has 4 atom stereocenters. The first-order chi connectivity index (χ1) is 7.87. The molecule has 0 aromatic rings. The van der Waals surface area contributed by atoms with E-state index in [9.17, 15) is 15.3 Å². The van der Waals surface area contributed by atoms with E-state index >= 15 is 0 Å². The SMILES string of the molecule is C[C@H](O)C(C)(O)CC(O)[C@@H]1OC(C)(C)OC1(C)C. The van der Waals surface area contributed by atoms with E-state index in [-0.39, 0.29) is 6.42 Å². The zero-order valence-corrected chi connectivity index (χ0v) is 12.1. The Bertz CT molecular complexity index is 296. The highest BCUT2D eigenvalue weighted by Crippen LogP contribution is 2.39. The first kappa shape index (κ1) is 15.9. The lowest BCUT2D eigenvalue weighted by Crippen LogP contribution is -2.48. The van der Waals surface area contributed by atoms with Crippen LogP contribution in [0, 0.1) is 0 Å². The largest absolute Gasteiger partial charge is 0.390 e. The van der Waals surface area contributed by atoms with Gasteiger partial charge in [0.2, 0.25) is 0 Å². The Hall–Kier alpha value is -0.200. The summed E-state index contributed by atoms with van der Waals surface area (Å²) >= 11 is 0. The molecule has 0 bridgehead atoms. The third-order valence-corrected chi connectivity index (χ3v) is 3.48. The molecule has 1 saturated heterocycles. The Kier molecular flexibility index (Phi) is 4.16. The van der Waals surface area contributed by atoms with Gasteiger partial charge in [0.05, 0.1) is 23.4 Å². The summed E-state index contributed by atoms with van der Waals surface area (Å²) in [4.78, 5) is 0. The van der Waals surface area contributed by atoms with Crippen LogP contribution in [0.3, 0.4) is 0 Å². The molecule has 2 unspecified atom stereocenters. The number of aliphatic hydroxyl groups is 3. The molecule has 0 aromatic heterocycles. The van der Waals surface area contributed by atoms with Crippen molar-refractivity contribution in [1.29, 1.82) is 0 Å². The van der Waals surface area contributed by atoms with E-state index < -0.39 is 35.3 Å². The highest BCUT2D eigenvalue weighted by atomic mass is 16.8. The van der Waals surface area contributed by atoms with Crippen LogP contribution in [0.2, 0.25) is 0 Å². The first-order valence-corrected chi connectivity index (χ1v) is 6.34. The molecule has 0 radical (unpaired) electrons. The van der Waals surface area contributed by atoms with Gasteiger partial charge in [0.15, 0.2) is 5.79 Å². The molecular weight excluding hydrogens is 236 g/mol. The van der Waals surface area contributed by atoms with Crippen LogP contribution in [0.25, 0.3) is 0 Å². The summed E-state index contributed by atoms with van der Waals surface area (Å²) in [5.74, 6) is -0.758. The number of aliphatic hydroxyl groups excluding tert-OH is 2. The van der Waals surface area contributed by atoms with Gasteiger partial charge in [-0.2, -0.15) is 0 Å². The van der Waals surface area contributed by atoms with Crippen molar-refractivity contribution in [2.75, 3.05) is 0 Å². The smallest absolute Gasteiger partial charge is 0.164 e. The summed E-state index contributed by atoms with van der Waals surface area (Å²) in [5, 5.41) is 29.7. The second-order valence-electron chi connectivity index (χ2n) is 6.45. The quantitative estimate of drug-likeness (QED) is 0.698. The van der Waals surface area contributed by atoms with Crippen molar-refractivity contribution < 1.29 is 24.8 Å². The molecule has 1 aliphatic rings. The van der Waals surface area contributed by atoms with Crippen LogP contribution in [0.5, 0.6) is 0 Å². The predicted octanol–water partition coefficient (Wildman–Crippen LogP) is 0.799. The molecule has 108 valence electrons. The lowest BCUT2D eigenvalue weighted by molar-refractivity contribution is -0.166. The van der Waals surface area contributed by atoms with Crippen molar-refractivity contribution in [1.82, 2.24) is 0 Å². The molecule has 18 heavy (non-hydrogen) atoms. The zero-order chi connectivity index (χ0) is 14.4. The molecule has 1 fully saturated rings. The Morgan fingerprint density at radius 1 is 1.22 bits per heavy atom. The predicted molar refractivity (Wildman–Crippen MR) is 67.0 cm³/mol. The van der Waals surface area contributed by atoms with E-state index in [4.69, 9.17) is 9.47 Å². The van der Waals surface area contributed by atoms with Crippen molar-refractivity contribution in [3.05, 3.63) is 0 Å². The molecule has 1 rings (SSSR count). The van der Waals surface area contributed by atoms with Gasteiger partial charge in [-0.15, -0.1) is 0 Å². The molecule has 0 aliphatic carbocycles. The maximum atomic E-state index is 10.2. The van der Waals surface area contributed by atoms with Gasteiger partial charge in [-0.1, -0.05) is 0 Å². The van der Waals surface area contributed by atoms with E-state index in [1.165, 1.54) is 13.8 Å². The van der Waals surface area contributed by atoms with Gasteiger partial charge in [0.1, 0.15) is 6.10 Å². The molecule has 5 nitrogen and oxygen atoms in total. The lowest BCUT2D eigenvalue weighted by Gasteiger charge is -2.34. The number of rotatable bonds is 4. The van der Waals surface area contributed by atoms with Crippen LogP contribution in [0.15, 0.2) is 0 Å². The summed E-state index contributed by atoms with van der Waals surface area (Å²) in [7, 11) is 0. The van der Waals surface area contributed by atoms with E-state index in [1.807, 2.05) is 13.8 Å². The van der Waals surface area contributed by atoms with E-state index in [1.54, 1.807) is 13.8 Å². The fraction of sp³-hybridized carbons (Fsp3) is 1.00. The minimum absolute atomic E-state index is 0.0260. The van der Waals surface area contributed by atoms with Gasteiger partial charge in [-0.25, -0.2) is 0 Å². The Balaban J connectivity index is 2.76. The van der Waals surface area contributed by atoms with Crippen molar-refractivity contribution in [2.24, 2.45) is 0 Å². The van der Waals surface area contributed by atoms with Gasteiger partial charge in [-0.05, 0) is 41.5 Å². The average molecular weight is 262 g/mol. The van der Waals surface area contributed by atoms with Gasteiger partial charge < -0.3 is 24.8 Å². The molecule has 5 heteroatoms. The van der Waals surface area contributed by atoms with Crippen LogP contribution in [-0.4, -0.2) is 50.6 Å². The van der Waals surface area contributed by atoms with E-state index in [0.29, 0.717) is 0 Å². The normalized spacial score (nSPS) is 32.8. The minimum Gasteiger partial charge on any atom is -0.390 e. The standard InChI is InChI=1S/C13H26O5/c1-8(14)13(6,16)7-9(15)10-11(2,3)18-12(4,5)17-10/h8-10,14-16H,7H2,1-6H3/t8-,9?,10-,13?/m0/s1. The first-order valence-electron chi connectivity index (χ1n) is 6.34. The van der Waals surface area contributed by atoms with Gasteiger partial charge in [-0.3, -0.25) is 0 Å². The monoisotopic (exact) mass is 262 g/mol. The van der Waals surface area contributed by atoms with Crippen molar-refractivity contribution in [3.8, 4) is 0 Å². The molecule has 3 N–H and O–H groups in total. The van der Waals surface area contributed by atoms with Crippen LogP contribution in [-0.2, 0) is 9.47 Å². The molecule has 0 aromatic carbocycles. The second-order valence-corrected chi connectivity index (χ2v) is 6.45. The van der Waals surface area contributed by atoms with E-state index in [2.05, 4.69) is 0 Å². The summed E-state index contributed by atoms with van der Waals surface area (Å²) in [6.45, 7) is 10.2. The highest BCUT2D eigenvalue weighted by Gasteiger charge is 2.51. The van der Waals surface area contributed by atoms with Crippen LogP contribution >= 0.6 is 0 Å². The van der Waals surface area contributed by atoms with Gasteiger partial charge in [0, 0.05) is 6.42 Å². The van der Waals surface area contributed by atoms with Crippen LogP contribution in [0.1, 0.15) is 48.0 Å². The second kappa shape index (κ2) is 4.72. The third kappa shape index (κ3) is 3.42. The van der Waals surface area contributed by atoms with Crippen molar-refractivity contribution >= 4 is 0 Å². The molecule has 0 spiro atoms. The van der Waals surface area contributed by atoms with Crippen LogP contribution < -0.4 is 0 Å². The molecule has 1 heterocycles. The maximum Gasteiger partial charge on any atom is 0.164 e. The number of ether oxygens (including phenoxy) is 2. The minimum atomic E-state index is -1.36.